The van der Waals surface area contributed by atoms with Crippen LogP contribution in [0.15, 0.2) is 109 Å². The van der Waals surface area contributed by atoms with Crippen LogP contribution < -0.4 is 0 Å². The second kappa shape index (κ2) is 14.3. The molecule has 2 aliphatic rings. The number of fused-ring (bicyclic) bond motifs is 3. The van der Waals surface area contributed by atoms with Crippen LogP contribution in [-0.4, -0.2) is 3.21 Å². The SMILES string of the molecule is CCCC1[C-]=CC(C(C)(C)C)=C1.C[C](C)=[Zr+2].[c-]1c(-c2ccccc2)ccc2c1Cc1cc(-c3ccccc3)ccc1-2. The van der Waals surface area contributed by atoms with Crippen molar-refractivity contribution in [3.05, 3.63) is 132 Å². The summed E-state index contributed by atoms with van der Waals surface area (Å²) < 4.78 is 1.51. The van der Waals surface area contributed by atoms with E-state index in [2.05, 4.69) is 157 Å². The molecule has 1 atom stereocenters. The van der Waals surface area contributed by atoms with Crippen molar-refractivity contribution in [2.24, 2.45) is 11.3 Å². The van der Waals surface area contributed by atoms with Crippen molar-refractivity contribution in [3.63, 3.8) is 0 Å². The first-order valence-corrected chi connectivity index (χ1v) is 16.0. The molecule has 1 unspecified atom stereocenters. The van der Waals surface area contributed by atoms with E-state index in [-0.39, 0.29) is 0 Å². The molecule has 0 saturated carbocycles. The summed E-state index contributed by atoms with van der Waals surface area (Å²) in [7, 11) is 0. The van der Waals surface area contributed by atoms with Crippen molar-refractivity contribution >= 4 is 3.21 Å². The Hall–Kier alpha value is -2.89. The molecular weight excluding hydrogens is 572 g/mol. The first-order valence-electron chi connectivity index (χ1n) is 14.8. The van der Waals surface area contributed by atoms with Crippen LogP contribution in [-0.2, 0) is 30.7 Å². The van der Waals surface area contributed by atoms with Gasteiger partial charge in [-0.3, -0.25) is 6.08 Å². The fourth-order valence-corrected chi connectivity index (χ4v) is 5.17. The van der Waals surface area contributed by atoms with Crippen LogP contribution in [0, 0.1) is 23.5 Å². The second-order valence-electron chi connectivity index (χ2n) is 12.1. The van der Waals surface area contributed by atoms with E-state index in [1.54, 1.807) is 24.2 Å². The van der Waals surface area contributed by atoms with E-state index in [0.29, 0.717) is 11.3 Å². The van der Waals surface area contributed by atoms with Crippen molar-refractivity contribution in [1.82, 2.24) is 0 Å². The van der Waals surface area contributed by atoms with Gasteiger partial charge in [0.1, 0.15) is 0 Å². The predicted molar refractivity (Wildman–Crippen MR) is 174 cm³/mol. The van der Waals surface area contributed by atoms with Crippen LogP contribution in [0.25, 0.3) is 33.4 Å². The normalized spacial score (nSPS) is 14.6. The molecule has 6 rings (SSSR count). The molecule has 0 aliphatic heterocycles. The molecular formula is C40H42Zr. The molecule has 4 aromatic rings. The van der Waals surface area contributed by atoms with Crippen molar-refractivity contribution in [3.8, 4) is 33.4 Å². The van der Waals surface area contributed by atoms with Crippen molar-refractivity contribution < 1.29 is 24.2 Å². The fourth-order valence-electron chi connectivity index (χ4n) is 5.17. The van der Waals surface area contributed by atoms with Gasteiger partial charge in [-0.25, -0.2) is 6.08 Å². The molecule has 0 bridgehead atoms. The molecule has 206 valence electrons. The minimum atomic E-state index is 0.301. The molecule has 0 fully saturated rings. The molecule has 2 aliphatic carbocycles. The van der Waals surface area contributed by atoms with Crippen LogP contribution in [0.1, 0.15) is 65.5 Å². The van der Waals surface area contributed by atoms with Crippen LogP contribution in [0.2, 0.25) is 0 Å². The van der Waals surface area contributed by atoms with Gasteiger partial charge in [-0.05, 0) is 23.1 Å². The summed E-state index contributed by atoms with van der Waals surface area (Å²) in [5.74, 6) is 0.587. The Labute approximate surface area is 263 Å². The summed E-state index contributed by atoms with van der Waals surface area (Å²) in [6.45, 7) is 13.2. The maximum atomic E-state index is 3.65. The number of benzene rings is 4. The van der Waals surface area contributed by atoms with Gasteiger partial charge in [0.25, 0.3) is 0 Å². The van der Waals surface area contributed by atoms with Gasteiger partial charge in [-0.2, -0.15) is 11.6 Å². The van der Waals surface area contributed by atoms with Gasteiger partial charge < -0.3 is 0 Å². The van der Waals surface area contributed by atoms with Crippen LogP contribution in [0.3, 0.4) is 0 Å². The largest absolute Gasteiger partial charge is 0.143 e. The van der Waals surface area contributed by atoms with Gasteiger partial charge >= 0.3 is 41.3 Å². The Morgan fingerprint density at radius 1 is 0.805 bits per heavy atom. The van der Waals surface area contributed by atoms with Gasteiger partial charge in [0.15, 0.2) is 0 Å². The quantitative estimate of drug-likeness (QED) is 0.177. The molecule has 1 heteroatoms. The van der Waals surface area contributed by atoms with Crippen LogP contribution in [0.4, 0.5) is 0 Å². The van der Waals surface area contributed by atoms with Crippen molar-refractivity contribution in [1.29, 1.82) is 0 Å². The van der Waals surface area contributed by atoms with E-state index in [9.17, 15) is 0 Å². The third-order valence-corrected chi connectivity index (χ3v) is 7.28. The first-order chi connectivity index (χ1) is 19.7. The van der Waals surface area contributed by atoms with Gasteiger partial charge in [0, 0.05) is 0 Å². The average molecular weight is 614 g/mol. The topological polar surface area (TPSA) is 0 Å². The Balaban J connectivity index is 0.000000203. The van der Waals surface area contributed by atoms with Crippen molar-refractivity contribution in [2.45, 2.75) is 60.8 Å². The Kier molecular flexibility index (Phi) is 10.9. The molecule has 41 heavy (non-hydrogen) atoms. The van der Waals surface area contributed by atoms with E-state index in [1.165, 1.54) is 66.1 Å². The maximum Gasteiger partial charge on any atom is -0.0181 e. The van der Waals surface area contributed by atoms with Crippen molar-refractivity contribution in [2.75, 3.05) is 0 Å². The molecule has 0 N–H and O–H groups in total. The number of allylic oxidation sites excluding steroid dienone is 4. The third-order valence-electron chi connectivity index (χ3n) is 7.28. The minimum Gasteiger partial charge on any atom is -0.143 e. The molecule has 0 saturated heterocycles. The fraction of sp³-hybridized carbons (Fsp3) is 0.275. The van der Waals surface area contributed by atoms with Gasteiger partial charge in [0.2, 0.25) is 0 Å². The Morgan fingerprint density at radius 2 is 1.41 bits per heavy atom. The molecule has 0 radical (unpaired) electrons. The predicted octanol–water partition coefficient (Wildman–Crippen LogP) is 10.9. The summed E-state index contributed by atoms with van der Waals surface area (Å²) in [6.07, 6.45) is 11.4. The number of rotatable bonds is 4. The summed E-state index contributed by atoms with van der Waals surface area (Å²) >= 11 is 1.55. The molecule has 0 aromatic heterocycles. The molecule has 0 amide bonds. The summed E-state index contributed by atoms with van der Waals surface area (Å²) in [4.78, 5) is 0. The smallest absolute Gasteiger partial charge is 0.0181 e. The number of hydrogen-bond donors (Lipinski definition) is 0. The van der Waals surface area contributed by atoms with E-state index < -0.39 is 0 Å². The molecule has 0 heterocycles. The molecule has 0 nitrogen and oxygen atoms in total. The van der Waals surface area contributed by atoms with Crippen LogP contribution in [0.5, 0.6) is 0 Å². The summed E-state index contributed by atoms with van der Waals surface area (Å²) in [6, 6.07) is 36.0. The van der Waals surface area contributed by atoms with Crippen LogP contribution >= 0.6 is 0 Å². The Bertz CT molecular complexity index is 1420. The van der Waals surface area contributed by atoms with E-state index in [4.69, 9.17) is 0 Å². The summed E-state index contributed by atoms with van der Waals surface area (Å²) in [5.41, 5.74) is 12.1. The standard InChI is InChI=1S/C25H17.C12H19.C3H6.Zr/c1-3-7-18(8-4-1)20-11-13-24-22(15-20)17-23-16-21(12-14-25(23)24)19-9-5-2-6-10-19;1-5-6-10-7-8-11(9-10)12(2,3)4;1-3-2;/h1-15H,17H2;8-10H,5-6H2,1-4H3;1-2H3;/q2*-1;;+2. The number of hydrogen-bond acceptors (Lipinski definition) is 0. The zero-order valence-electron chi connectivity index (χ0n) is 25.5. The molecule has 0 spiro atoms. The average Bonchev–Trinajstić information content (AvgIpc) is 3.58. The first kappa shape index (κ1) is 31.1. The maximum absolute atomic E-state index is 3.65. The van der Waals surface area contributed by atoms with E-state index >= 15 is 0 Å². The van der Waals surface area contributed by atoms with E-state index in [1.807, 2.05) is 0 Å². The second-order valence-corrected chi connectivity index (χ2v) is 14.6. The zero-order valence-corrected chi connectivity index (χ0v) is 28.0. The zero-order chi connectivity index (χ0) is 29.4. The third kappa shape index (κ3) is 8.56. The van der Waals surface area contributed by atoms with Gasteiger partial charge in [0.05, 0.1) is 0 Å². The van der Waals surface area contributed by atoms with Gasteiger partial charge in [-0.1, -0.05) is 147 Å². The van der Waals surface area contributed by atoms with Gasteiger partial charge in [-0.15, -0.1) is 29.3 Å². The Morgan fingerprint density at radius 3 is 2.00 bits per heavy atom. The molecule has 4 aromatic carbocycles. The van der Waals surface area contributed by atoms with E-state index in [0.717, 1.165) is 6.42 Å². The monoisotopic (exact) mass is 612 g/mol. The summed E-state index contributed by atoms with van der Waals surface area (Å²) in [5, 5.41) is 0. The minimum absolute atomic E-state index is 0.301.